The number of ether oxygens (including phenoxy) is 1. The molecule has 224 valence electrons. The summed E-state index contributed by atoms with van der Waals surface area (Å²) in [5, 5.41) is 11.6. The van der Waals surface area contributed by atoms with Crippen molar-refractivity contribution in [3.63, 3.8) is 0 Å². The zero-order valence-corrected chi connectivity index (χ0v) is 24.6. The fourth-order valence-electron chi connectivity index (χ4n) is 6.01. The van der Waals surface area contributed by atoms with Gasteiger partial charge in [0.1, 0.15) is 23.6 Å². The van der Waals surface area contributed by atoms with E-state index in [2.05, 4.69) is 26.4 Å². The number of hydrogen-bond acceptors (Lipinski definition) is 8. The Balaban J connectivity index is 1.49. The minimum absolute atomic E-state index is 0.00354. The maximum Gasteiger partial charge on any atom is 0.319 e. The average Bonchev–Trinajstić information content (AvgIpc) is 3.44. The van der Waals surface area contributed by atoms with Gasteiger partial charge >= 0.3 is 6.01 Å². The topological polar surface area (TPSA) is 98.5 Å². The normalized spacial score (nSPS) is 17.2. The second-order valence-electron chi connectivity index (χ2n) is 11.1. The van der Waals surface area contributed by atoms with E-state index in [4.69, 9.17) is 4.74 Å². The van der Waals surface area contributed by atoms with E-state index in [-0.39, 0.29) is 48.5 Å². The summed E-state index contributed by atoms with van der Waals surface area (Å²) in [4.78, 5) is 31.3. The van der Waals surface area contributed by atoms with Gasteiger partial charge in [-0.3, -0.25) is 9.78 Å². The van der Waals surface area contributed by atoms with E-state index in [0.717, 1.165) is 35.7 Å². The number of rotatable bonds is 7. The van der Waals surface area contributed by atoms with Gasteiger partial charge in [-0.25, -0.2) is 8.78 Å². The Bertz CT molecular complexity index is 1860. The van der Waals surface area contributed by atoms with E-state index in [9.17, 15) is 14.4 Å². The number of carbonyl (C=O) groups is 1. The Morgan fingerprint density at radius 1 is 1.18 bits per heavy atom. The number of allylic oxidation sites excluding steroid dienone is 1. The van der Waals surface area contributed by atoms with E-state index < -0.39 is 17.6 Å². The third-order valence-electron chi connectivity index (χ3n) is 8.31. The molecule has 0 radical (unpaired) electrons. The first-order valence-corrected chi connectivity index (χ1v) is 14.5. The number of pyridine rings is 1. The van der Waals surface area contributed by atoms with Gasteiger partial charge in [0.15, 0.2) is 11.6 Å². The molecule has 0 N–H and O–H groups in total. The molecule has 0 unspecified atom stereocenters. The van der Waals surface area contributed by atoms with Crippen LogP contribution in [0.4, 0.5) is 14.6 Å². The highest BCUT2D eigenvalue weighted by Crippen LogP contribution is 2.36. The van der Waals surface area contributed by atoms with E-state index in [1.54, 1.807) is 11.1 Å². The molecule has 9 nitrogen and oxygen atoms in total. The summed E-state index contributed by atoms with van der Waals surface area (Å²) in [6.45, 7) is 6.64. The molecule has 1 saturated heterocycles. The van der Waals surface area contributed by atoms with Crippen LogP contribution in [0.3, 0.4) is 0 Å². The van der Waals surface area contributed by atoms with Crippen LogP contribution < -0.4 is 9.64 Å². The third kappa shape index (κ3) is 5.33. The molecule has 1 fully saturated rings. The van der Waals surface area contributed by atoms with Crippen LogP contribution in [0.5, 0.6) is 6.01 Å². The molecule has 1 atom stereocenters. The van der Waals surface area contributed by atoms with Crippen molar-refractivity contribution < 1.29 is 18.3 Å². The number of amides is 1. The van der Waals surface area contributed by atoms with E-state index in [1.807, 2.05) is 56.4 Å². The molecular formula is C33H31F2N7O2. The van der Waals surface area contributed by atoms with Crippen molar-refractivity contribution in [2.75, 3.05) is 38.2 Å². The lowest BCUT2D eigenvalue weighted by Crippen LogP contribution is -2.42. The zero-order valence-electron chi connectivity index (χ0n) is 24.6. The SMILES string of the molecule is C=C(F)C(=O)N1CCN(c2nc(OC[C@@H]3CCCN3C)nc3c(F)c(-c4cccc5cccc(C)c45)ncc23)C=C1CC#N. The number of anilines is 1. The number of aryl methyl sites for hydroxylation is 1. The van der Waals surface area contributed by atoms with Gasteiger partial charge in [0.05, 0.1) is 23.6 Å². The fourth-order valence-corrected chi connectivity index (χ4v) is 6.01. The fraction of sp³-hybridized carbons (Fsp3) is 0.303. The molecule has 2 aliphatic rings. The molecule has 0 aliphatic carbocycles. The monoisotopic (exact) mass is 595 g/mol. The number of nitriles is 1. The number of aromatic nitrogens is 3. The first-order valence-electron chi connectivity index (χ1n) is 14.5. The summed E-state index contributed by atoms with van der Waals surface area (Å²) >= 11 is 0. The number of likely N-dealkylation sites (tertiary alicyclic amines) is 1. The Hall–Kier alpha value is -4.95. The molecule has 2 aliphatic heterocycles. The molecule has 11 heteroatoms. The quantitative estimate of drug-likeness (QED) is 0.253. The molecule has 1 amide bonds. The third-order valence-corrected chi connectivity index (χ3v) is 8.31. The van der Waals surface area contributed by atoms with Gasteiger partial charge in [-0.2, -0.15) is 15.2 Å². The van der Waals surface area contributed by atoms with Crippen molar-refractivity contribution in [2.24, 2.45) is 0 Å². The van der Waals surface area contributed by atoms with Crippen LogP contribution in [0.15, 0.2) is 66.9 Å². The summed E-state index contributed by atoms with van der Waals surface area (Å²) in [6.07, 6.45) is 4.95. The predicted molar refractivity (Wildman–Crippen MR) is 164 cm³/mol. The van der Waals surface area contributed by atoms with Crippen LogP contribution in [0, 0.1) is 24.1 Å². The minimum atomic E-state index is -1.12. The molecular weight excluding hydrogens is 564 g/mol. The molecule has 4 aromatic rings. The highest BCUT2D eigenvalue weighted by atomic mass is 19.1. The minimum Gasteiger partial charge on any atom is -0.462 e. The van der Waals surface area contributed by atoms with Crippen LogP contribution in [0.1, 0.15) is 24.8 Å². The number of likely N-dealkylation sites (N-methyl/N-ethyl adjacent to an activating group) is 1. The molecule has 44 heavy (non-hydrogen) atoms. The largest absolute Gasteiger partial charge is 0.462 e. The number of nitrogens with zero attached hydrogens (tertiary/aromatic N) is 7. The van der Waals surface area contributed by atoms with Gasteiger partial charge in [0.2, 0.25) is 0 Å². The van der Waals surface area contributed by atoms with Crippen molar-refractivity contribution in [1.29, 1.82) is 5.26 Å². The Labute approximate surface area is 253 Å². The van der Waals surface area contributed by atoms with Crippen LogP contribution in [0.2, 0.25) is 0 Å². The summed E-state index contributed by atoms with van der Waals surface area (Å²) in [5.74, 6) is -2.34. The Morgan fingerprint density at radius 2 is 1.98 bits per heavy atom. The molecule has 2 aromatic heterocycles. The predicted octanol–water partition coefficient (Wildman–Crippen LogP) is 5.65. The second kappa shape index (κ2) is 12.0. The van der Waals surface area contributed by atoms with Crippen molar-refractivity contribution in [3.8, 4) is 23.3 Å². The smallest absolute Gasteiger partial charge is 0.319 e. The van der Waals surface area contributed by atoms with Crippen molar-refractivity contribution >= 4 is 33.4 Å². The lowest BCUT2D eigenvalue weighted by atomic mass is 9.97. The highest BCUT2D eigenvalue weighted by Gasteiger charge is 2.29. The van der Waals surface area contributed by atoms with Crippen LogP contribution in [0.25, 0.3) is 32.9 Å². The lowest BCUT2D eigenvalue weighted by Gasteiger charge is -2.34. The molecule has 2 aromatic carbocycles. The molecule has 0 spiro atoms. The van der Waals surface area contributed by atoms with Gasteiger partial charge < -0.3 is 19.4 Å². The summed E-state index contributed by atoms with van der Waals surface area (Å²) in [7, 11) is 2.03. The first-order chi connectivity index (χ1) is 21.3. The molecule has 6 rings (SSSR count). The Kier molecular flexibility index (Phi) is 7.93. The highest BCUT2D eigenvalue weighted by molar-refractivity contribution is 6.00. The van der Waals surface area contributed by atoms with Gasteiger partial charge in [-0.1, -0.05) is 43.0 Å². The summed E-state index contributed by atoms with van der Waals surface area (Å²) in [5.41, 5.74) is 2.09. The van der Waals surface area contributed by atoms with Crippen molar-refractivity contribution in [1.82, 2.24) is 24.8 Å². The molecule has 0 saturated carbocycles. The Morgan fingerprint density at radius 3 is 2.70 bits per heavy atom. The second-order valence-corrected chi connectivity index (χ2v) is 11.1. The maximum absolute atomic E-state index is 16.6. The van der Waals surface area contributed by atoms with Gasteiger partial charge in [0.25, 0.3) is 5.91 Å². The van der Waals surface area contributed by atoms with Crippen LogP contribution >= 0.6 is 0 Å². The maximum atomic E-state index is 16.6. The van der Waals surface area contributed by atoms with E-state index in [1.165, 1.54) is 11.1 Å². The van der Waals surface area contributed by atoms with E-state index in [0.29, 0.717) is 23.4 Å². The van der Waals surface area contributed by atoms with Crippen molar-refractivity contribution in [3.05, 3.63) is 78.3 Å². The van der Waals surface area contributed by atoms with Crippen LogP contribution in [-0.4, -0.2) is 70.0 Å². The van der Waals surface area contributed by atoms with E-state index >= 15 is 4.39 Å². The summed E-state index contributed by atoms with van der Waals surface area (Å²) < 4.78 is 36.4. The van der Waals surface area contributed by atoms with Gasteiger partial charge in [-0.15, -0.1) is 0 Å². The summed E-state index contributed by atoms with van der Waals surface area (Å²) in [6, 6.07) is 13.8. The molecule has 0 bridgehead atoms. The van der Waals surface area contributed by atoms with Crippen LogP contribution in [-0.2, 0) is 4.79 Å². The number of benzene rings is 2. The lowest BCUT2D eigenvalue weighted by molar-refractivity contribution is -0.126. The zero-order chi connectivity index (χ0) is 31.0. The first kappa shape index (κ1) is 29.1. The average molecular weight is 596 g/mol. The number of fused-ring (bicyclic) bond motifs is 2. The van der Waals surface area contributed by atoms with Gasteiger partial charge in [-0.05, 0) is 49.7 Å². The number of hydrogen-bond donors (Lipinski definition) is 0. The standard InChI is InChI=1S/C33H31F2N7O2/c1-20-7-4-8-22-9-5-11-25(27(20)22)29-28(35)30-26(17-37-29)31(39-33(38-30)44-19-24-10-6-14-40(24)3)41-15-16-42(32(43)21(2)34)23(18-41)12-13-36/h4-5,7-9,11,17-18,24H,2,6,10,12,14-16,19H2,1,3H3/t24-/m0/s1. The number of halogens is 2. The number of carbonyl (C=O) groups excluding carboxylic acids is 1. The molecule has 4 heterocycles. The van der Waals surface area contributed by atoms with Crippen molar-refractivity contribution in [2.45, 2.75) is 32.2 Å². The van der Waals surface area contributed by atoms with Gasteiger partial charge in [0, 0.05) is 37.1 Å².